The maximum Gasteiger partial charge on any atom is 0.154 e. The summed E-state index contributed by atoms with van der Waals surface area (Å²) in [6, 6.07) is 9.79. The first kappa shape index (κ1) is 7.50. The van der Waals surface area contributed by atoms with Crippen molar-refractivity contribution in [2.75, 3.05) is 0 Å². The van der Waals surface area contributed by atoms with Crippen molar-refractivity contribution in [1.82, 2.24) is 0 Å². The second-order valence-electron chi connectivity index (χ2n) is 3.21. The molecule has 0 spiro atoms. The van der Waals surface area contributed by atoms with Crippen LogP contribution in [0.3, 0.4) is 0 Å². The van der Waals surface area contributed by atoms with E-state index in [0.29, 0.717) is 0 Å². The molecule has 1 fully saturated rings. The molecule has 1 heterocycles. The average Bonchev–Trinajstić information content (AvgIpc) is 2.81. The monoisotopic (exact) mass is 162 g/mol. The molecule has 12 heavy (non-hydrogen) atoms. The first-order chi connectivity index (χ1) is 5.76. The minimum atomic E-state index is -0.568. The molecule has 2 rings (SSSR count). The summed E-state index contributed by atoms with van der Waals surface area (Å²) < 4.78 is 5.27. The van der Waals surface area contributed by atoms with Crippen molar-refractivity contribution < 1.29 is 9.53 Å². The molecule has 2 nitrogen and oxygen atoms in total. The molecule has 2 heteroatoms. The molecule has 1 aliphatic heterocycles. The van der Waals surface area contributed by atoms with Gasteiger partial charge >= 0.3 is 0 Å². The summed E-state index contributed by atoms with van der Waals surface area (Å²) in [4.78, 5) is 10.5. The highest BCUT2D eigenvalue weighted by Gasteiger charge is 2.53. The van der Waals surface area contributed by atoms with Crippen molar-refractivity contribution in [3.8, 4) is 0 Å². The highest BCUT2D eigenvalue weighted by Crippen LogP contribution is 2.47. The molecule has 62 valence electrons. The van der Waals surface area contributed by atoms with E-state index >= 15 is 0 Å². The number of hydrogen-bond acceptors (Lipinski definition) is 2. The number of aldehydes is 1. The molecule has 1 saturated heterocycles. The summed E-state index contributed by atoms with van der Waals surface area (Å²) in [5.41, 5.74) is 0.508. The topological polar surface area (TPSA) is 29.6 Å². The lowest BCUT2D eigenvalue weighted by molar-refractivity contribution is -0.111. The van der Waals surface area contributed by atoms with Gasteiger partial charge in [-0.25, -0.2) is 0 Å². The summed E-state index contributed by atoms with van der Waals surface area (Å²) in [5.74, 6) is 0. The third kappa shape index (κ3) is 1.04. The van der Waals surface area contributed by atoms with E-state index in [2.05, 4.69) is 0 Å². The SMILES string of the molecule is C[C@@]1(C=O)O[C@@H]1c1ccccc1. The van der Waals surface area contributed by atoms with E-state index in [1.54, 1.807) is 6.92 Å². The maximum atomic E-state index is 10.5. The molecule has 1 aromatic rings. The Kier molecular flexibility index (Phi) is 1.51. The Hall–Kier alpha value is -1.15. The van der Waals surface area contributed by atoms with Gasteiger partial charge in [-0.15, -0.1) is 0 Å². The van der Waals surface area contributed by atoms with Gasteiger partial charge in [0.05, 0.1) is 0 Å². The summed E-state index contributed by atoms with van der Waals surface area (Å²) in [6.07, 6.45) is 0.834. The standard InChI is InChI=1S/C10H10O2/c1-10(7-11)9(12-10)8-5-3-2-4-6-8/h2-7,9H,1H3/t9-,10+/m1/s1. The normalized spacial score (nSPS) is 32.9. The van der Waals surface area contributed by atoms with Gasteiger partial charge in [0, 0.05) is 0 Å². The van der Waals surface area contributed by atoms with Crippen LogP contribution >= 0.6 is 0 Å². The third-order valence-corrected chi connectivity index (χ3v) is 2.17. The number of carbonyl (C=O) groups excluding carboxylic acids is 1. The maximum absolute atomic E-state index is 10.5. The van der Waals surface area contributed by atoms with E-state index in [1.165, 1.54) is 0 Å². The molecule has 0 unspecified atom stereocenters. The number of carbonyl (C=O) groups is 1. The Balaban J connectivity index is 2.21. The van der Waals surface area contributed by atoms with Gasteiger partial charge < -0.3 is 9.53 Å². The molecule has 0 amide bonds. The summed E-state index contributed by atoms with van der Waals surface area (Å²) in [5, 5.41) is 0. The van der Waals surface area contributed by atoms with Gasteiger partial charge in [-0.2, -0.15) is 0 Å². The van der Waals surface area contributed by atoms with E-state index in [9.17, 15) is 4.79 Å². The second-order valence-corrected chi connectivity index (χ2v) is 3.21. The Bertz CT molecular complexity index is 294. The highest BCUT2D eigenvalue weighted by atomic mass is 16.6. The number of hydrogen-bond donors (Lipinski definition) is 0. The summed E-state index contributed by atoms with van der Waals surface area (Å²) >= 11 is 0. The minimum Gasteiger partial charge on any atom is -0.353 e. The van der Waals surface area contributed by atoms with Crippen molar-refractivity contribution in [2.45, 2.75) is 18.6 Å². The van der Waals surface area contributed by atoms with Gasteiger partial charge in [-0.1, -0.05) is 30.3 Å². The van der Waals surface area contributed by atoms with E-state index in [0.717, 1.165) is 11.8 Å². The van der Waals surface area contributed by atoms with E-state index < -0.39 is 5.60 Å². The minimum absolute atomic E-state index is 0.0313. The molecule has 0 N–H and O–H groups in total. The molecular weight excluding hydrogens is 152 g/mol. The van der Waals surface area contributed by atoms with Crippen molar-refractivity contribution in [1.29, 1.82) is 0 Å². The molecular formula is C10H10O2. The Morgan fingerprint density at radius 3 is 2.58 bits per heavy atom. The third-order valence-electron chi connectivity index (χ3n) is 2.17. The second kappa shape index (κ2) is 2.42. The predicted molar refractivity (Wildman–Crippen MR) is 44.7 cm³/mol. The van der Waals surface area contributed by atoms with Crippen molar-refractivity contribution in [3.05, 3.63) is 35.9 Å². The van der Waals surface area contributed by atoms with Gasteiger partial charge in [0.15, 0.2) is 11.9 Å². The van der Waals surface area contributed by atoms with Crippen molar-refractivity contribution in [2.24, 2.45) is 0 Å². The molecule has 0 radical (unpaired) electrons. The van der Waals surface area contributed by atoms with Crippen LogP contribution in [0.2, 0.25) is 0 Å². The van der Waals surface area contributed by atoms with Crippen LogP contribution in [0.5, 0.6) is 0 Å². The zero-order chi connectivity index (χ0) is 8.60. The van der Waals surface area contributed by atoms with Crippen LogP contribution in [-0.4, -0.2) is 11.9 Å². The van der Waals surface area contributed by atoms with Gasteiger partial charge in [0.1, 0.15) is 6.10 Å². The van der Waals surface area contributed by atoms with E-state index in [-0.39, 0.29) is 6.10 Å². The lowest BCUT2D eigenvalue weighted by Crippen LogP contribution is -2.06. The number of benzene rings is 1. The van der Waals surface area contributed by atoms with Crippen LogP contribution in [0.1, 0.15) is 18.6 Å². The molecule has 1 aromatic carbocycles. The summed E-state index contributed by atoms with van der Waals surface area (Å²) in [6.45, 7) is 1.80. The highest BCUT2D eigenvalue weighted by molar-refractivity contribution is 5.68. The number of epoxide rings is 1. The van der Waals surface area contributed by atoms with E-state index in [1.807, 2.05) is 30.3 Å². The average molecular weight is 162 g/mol. The summed E-state index contributed by atoms with van der Waals surface area (Å²) in [7, 11) is 0. The zero-order valence-electron chi connectivity index (χ0n) is 6.86. The lowest BCUT2D eigenvalue weighted by atomic mass is 10.0. The molecule has 0 bridgehead atoms. The zero-order valence-corrected chi connectivity index (χ0v) is 6.86. The van der Waals surface area contributed by atoms with Gasteiger partial charge in [-0.3, -0.25) is 0 Å². The molecule has 1 aliphatic rings. The fourth-order valence-electron chi connectivity index (χ4n) is 1.34. The molecule has 0 aliphatic carbocycles. The Morgan fingerprint density at radius 1 is 1.42 bits per heavy atom. The lowest BCUT2D eigenvalue weighted by Gasteiger charge is -1.94. The van der Waals surface area contributed by atoms with Gasteiger partial charge in [-0.05, 0) is 12.5 Å². The fourth-order valence-corrected chi connectivity index (χ4v) is 1.34. The van der Waals surface area contributed by atoms with Gasteiger partial charge in [0.2, 0.25) is 0 Å². The van der Waals surface area contributed by atoms with E-state index in [4.69, 9.17) is 4.74 Å². The first-order valence-corrected chi connectivity index (χ1v) is 3.95. The van der Waals surface area contributed by atoms with Crippen molar-refractivity contribution >= 4 is 6.29 Å². The predicted octanol–water partition coefficient (Wildman–Crippen LogP) is 1.72. The smallest absolute Gasteiger partial charge is 0.154 e. The Labute approximate surface area is 71.2 Å². The van der Waals surface area contributed by atoms with Crippen LogP contribution in [0.4, 0.5) is 0 Å². The number of ether oxygens (including phenoxy) is 1. The van der Waals surface area contributed by atoms with Crippen LogP contribution < -0.4 is 0 Å². The fraction of sp³-hybridized carbons (Fsp3) is 0.300. The molecule has 0 saturated carbocycles. The molecule has 2 atom stereocenters. The van der Waals surface area contributed by atoms with Crippen LogP contribution in [0.25, 0.3) is 0 Å². The van der Waals surface area contributed by atoms with Crippen LogP contribution in [0.15, 0.2) is 30.3 Å². The first-order valence-electron chi connectivity index (χ1n) is 3.95. The Morgan fingerprint density at radius 2 is 2.08 bits per heavy atom. The van der Waals surface area contributed by atoms with Crippen molar-refractivity contribution in [3.63, 3.8) is 0 Å². The van der Waals surface area contributed by atoms with Crippen LogP contribution in [0, 0.1) is 0 Å². The van der Waals surface area contributed by atoms with Gasteiger partial charge in [0.25, 0.3) is 0 Å². The molecule has 0 aromatic heterocycles. The van der Waals surface area contributed by atoms with Crippen LogP contribution in [-0.2, 0) is 9.53 Å². The quantitative estimate of drug-likeness (QED) is 0.489. The largest absolute Gasteiger partial charge is 0.353 e. The number of rotatable bonds is 2.